The minimum Gasteiger partial charge on any atom is -0.288 e. The summed E-state index contributed by atoms with van der Waals surface area (Å²) in [6.45, 7) is 3.43. The molecule has 1 aromatic heterocycles. The van der Waals surface area contributed by atoms with E-state index in [0.29, 0.717) is 5.69 Å². The van der Waals surface area contributed by atoms with E-state index in [-0.39, 0.29) is 5.78 Å². The van der Waals surface area contributed by atoms with Crippen molar-refractivity contribution in [2.24, 2.45) is 0 Å². The number of para-hydroxylation sites is 1. The van der Waals surface area contributed by atoms with Crippen LogP contribution in [0.3, 0.4) is 0 Å². The second-order valence-electron chi connectivity index (χ2n) is 2.96. The van der Waals surface area contributed by atoms with Crippen LogP contribution in [0.4, 0.5) is 0 Å². The molecule has 2 aromatic rings. The van der Waals surface area contributed by atoms with Crippen molar-refractivity contribution < 1.29 is 4.79 Å². The monoisotopic (exact) mass is 183 g/mol. The summed E-state index contributed by atoms with van der Waals surface area (Å²) in [6.07, 6.45) is 1.27. The molecule has 0 atom stereocenters. The van der Waals surface area contributed by atoms with Gasteiger partial charge in [0.15, 0.2) is 0 Å². The zero-order valence-electron chi connectivity index (χ0n) is 7.60. The number of fused-ring (bicyclic) bond motifs is 1. The molecule has 0 saturated carbocycles. The van der Waals surface area contributed by atoms with Gasteiger partial charge in [0.1, 0.15) is 5.69 Å². The van der Waals surface area contributed by atoms with Crippen molar-refractivity contribution in [1.82, 2.24) is 4.98 Å². The summed E-state index contributed by atoms with van der Waals surface area (Å²) in [6, 6.07) is 11.3. The van der Waals surface area contributed by atoms with E-state index in [0.717, 1.165) is 10.9 Å². The van der Waals surface area contributed by atoms with Crippen LogP contribution in [-0.4, -0.2) is 10.8 Å². The van der Waals surface area contributed by atoms with E-state index in [4.69, 9.17) is 0 Å². The van der Waals surface area contributed by atoms with Crippen LogP contribution in [-0.2, 0) is 0 Å². The molecule has 2 heteroatoms. The molecular weight excluding hydrogens is 174 g/mol. The van der Waals surface area contributed by atoms with E-state index >= 15 is 0 Å². The molecular formula is C12H9NO. The first kappa shape index (κ1) is 8.63. The van der Waals surface area contributed by atoms with E-state index in [1.165, 1.54) is 6.08 Å². The summed E-state index contributed by atoms with van der Waals surface area (Å²) in [5.74, 6) is -0.143. The molecule has 0 aliphatic heterocycles. The van der Waals surface area contributed by atoms with Gasteiger partial charge in [-0.15, -0.1) is 0 Å². The first-order chi connectivity index (χ1) is 6.81. The fourth-order valence-corrected chi connectivity index (χ4v) is 1.31. The summed E-state index contributed by atoms with van der Waals surface area (Å²) in [5.41, 5.74) is 1.28. The molecule has 0 amide bonds. The van der Waals surface area contributed by atoms with E-state index in [1.54, 1.807) is 6.07 Å². The summed E-state index contributed by atoms with van der Waals surface area (Å²) >= 11 is 0. The zero-order chi connectivity index (χ0) is 9.97. The second-order valence-corrected chi connectivity index (χ2v) is 2.96. The lowest BCUT2D eigenvalue weighted by atomic mass is 10.2. The third kappa shape index (κ3) is 1.42. The number of rotatable bonds is 2. The minimum atomic E-state index is -0.143. The average Bonchev–Trinajstić information content (AvgIpc) is 2.27. The lowest BCUT2D eigenvalue weighted by Gasteiger charge is -1.98. The standard InChI is InChI=1S/C12H9NO/c1-2-12(14)11-8-7-9-5-3-4-6-10(9)13-11/h2-8H,1H2. The highest BCUT2D eigenvalue weighted by Crippen LogP contribution is 2.11. The topological polar surface area (TPSA) is 30.0 Å². The summed E-state index contributed by atoms with van der Waals surface area (Å²) < 4.78 is 0. The average molecular weight is 183 g/mol. The van der Waals surface area contributed by atoms with Crippen LogP contribution in [0, 0.1) is 0 Å². The van der Waals surface area contributed by atoms with Crippen molar-refractivity contribution in [3.05, 3.63) is 54.7 Å². The van der Waals surface area contributed by atoms with Crippen molar-refractivity contribution in [2.45, 2.75) is 0 Å². The first-order valence-corrected chi connectivity index (χ1v) is 4.34. The van der Waals surface area contributed by atoms with Crippen LogP contribution in [0.2, 0.25) is 0 Å². The predicted octanol–water partition coefficient (Wildman–Crippen LogP) is 2.60. The maximum absolute atomic E-state index is 11.3. The van der Waals surface area contributed by atoms with Gasteiger partial charge in [0.25, 0.3) is 0 Å². The number of aromatic nitrogens is 1. The van der Waals surface area contributed by atoms with Crippen LogP contribution in [0.25, 0.3) is 10.9 Å². The molecule has 0 radical (unpaired) electrons. The molecule has 0 spiro atoms. The molecule has 1 heterocycles. The highest BCUT2D eigenvalue weighted by molar-refractivity contribution is 6.03. The molecule has 0 unspecified atom stereocenters. The summed E-state index contributed by atoms with van der Waals surface area (Å²) in [7, 11) is 0. The van der Waals surface area contributed by atoms with Gasteiger partial charge in [0, 0.05) is 5.39 Å². The van der Waals surface area contributed by atoms with E-state index in [9.17, 15) is 4.79 Å². The van der Waals surface area contributed by atoms with E-state index in [1.807, 2.05) is 30.3 Å². The molecule has 0 saturated heterocycles. The highest BCUT2D eigenvalue weighted by Gasteiger charge is 2.02. The van der Waals surface area contributed by atoms with Crippen LogP contribution >= 0.6 is 0 Å². The van der Waals surface area contributed by atoms with Crippen molar-refractivity contribution in [3.8, 4) is 0 Å². The maximum atomic E-state index is 11.3. The maximum Gasteiger partial charge on any atom is 0.203 e. The molecule has 14 heavy (non-hydrogen) atoms. The molecule has 0 aliphatic rings. The van der Waals surface area contributed by atoms with Crippen molar-refractivity contribution in [2.75, 3.05) is 0 Å². The number of hydrogen-bond donors (Lipinski definition) is 0. The Morgan fingerprint density at radius 2 is 2.00 bits per heavy atom. The van der Waals surface area contributed by atoms with Crippen molar-refractivity contribution in [3.63, 3.8) is 0 Å². The van der Waals surface area contributed by atoms with E-state index in [2.05, 4.69) is 11.6 Å². The summed E-state index contributed by atoms with van der Waals surface area (Å²) in [4.78, 5) is 15.5. The van der Waals surface area contributed by atoms with Crippen molar-refractivity contribution in [1.29, 1.82) is 0 Å². The van der Waals surface area contributed by atoms with Crippen LogP contribution in [0.1, 0.15) is 10.5 Å². The van der Waals surface area contributed by atoms with Gasteiger partial charge in [-0.3, -0.25) is 4.79 Å². The SMILES string of the molecule is C=CC(=O)c1ccc2ccccc2n1. The zero-order valence-corrected chi connectivity index (χ0v) is 7.60. The number of carbonyl (C=O) groups is 1. The normalized spacial score (nSPS) is 10.0. The molecule has 0 aliphatic carbocycles. The fraction of sp³-hybridized carbons (Fsp3) is 0. The Bertz CT molecular complexity index is 502. The number of benzene rings is 1. The molecule has 0 N–H and O–H groups in total. The Morgan fingerprint density at radius 3 is 2.79 bits per heavy atom. The van der Waals surface area contributed by atoms with Gasteiger partial charge in [-0.25, -0.2) is 4.98 Å². The van der Waals surface area contributed by atoms with Gasteiger partial charge in [-0.1, -0.05) is 30.8 Å². The Hall–Kier alpha value is -1.96. The number of ketones is 1. The van der Waals surface area contributed by atoms with Crippen molar-refractivity contribution >= 4 is 16.7 Å². The van der Waals surface area contributed by atoms with Crippen LogP contribution < -0.4 is 0 Å². The quantitative estimate of drug-likeness (QED) is 0.529. The summed E-state index contributed by atoms with van der Waals surface area (Å²) in [5, 5.41) is 1.04. The molecule has 2 nitrogen and oxygen atoms in total. The van der Waals surface area contributed by atoms with Gasteiger partial charge < -0.3 is 0 Å². The third-order valence-electron chi connectivity index (χ3n) is 2.04. The number of hydrogen-bond acceptors (Lipinski definition) is 2. The van der Waals surface area contributed by atoms with E-state index < -0.39 is 0 Å². The van der Waals surface area contributed by atoms with Crippen LogP contribution in [0.5, 0.6) is 0 Å². The van der Waals surface area contributed by atoms with Gasteiger partial charge >= 0.3 is 0 Å². The second kappa shape index (κ2) is 3.42. The molecule has 0 fully saturated rings. The van der Waals surface area contributed by atoms with Gasteiger partial charge in [-0.2, -0.15) is 0 Å². The number of allylic oxidation sites excluding steroid dienone is 1. The Kier molecular flexibility index (Phi) is 2.11. The first-order valence-electron chi connectivity index (χ1n) is 4.34. The van der Waals surface area contributed by atoms with Gasteiger partial charge in [0.05, 0.1) is 5.52 Å². The Labute approximate surface area is 81.9 Å². The molecule has 1 aromatic carbocycles. The largest absolute Gasteiger partial charge is 0.288 e. The molecule has 68 valence electrons. The Balaban J connectivity index is 2.62. The minimum absolute atomic E-state index is 0.143. The number of pyridine rings is 1. The Morgan fingerprint density at radius 1 is 1.21 bits per heavy atom. The van der Waals surface area contributed by atoms with Gasteiger partial charge in [0.2, 0.25) is 5.78 Å². The lowest BCUT2D eigenvalue weighted by molar-refractivity contribution is 0.104. The fourth-order valence-electron chi connectivity index (χ4n) is 1.31. The lowest BCUT2D eigenvalue weighted by Crippen LogP contribution is -1.97. The molecule has 0 bridgehead atoms. The predicted molar refractivity (Wildman–Crippen MR) is 56.3 cm³/mol. The number of nitrogens with zero attached hydrogens (tertiary/aromatic N) is 1. The van der Waals surface area contributed by atoms with Gasteiger partial charge in [-0.05, 0) is 18.2 Å². The highest BCUT2D eigenvalue weighted by atomic mass is 16.1. The van der Waals surface area contributed by atoms with Crippen LogP contribution in [0.15, 0.2) is 49.1 Å². The third-order valence-corrected chi connectivity index (χ3v) is 2.04. The smallest absolute Gasteiger partial charge is 0.203 e. The number of carbonyl (C=O) groups excluding carboxylic acids is 1. The molecule has 2 rings (SSSR count).